The molecule has 2 aromatic rings. The highest BCUT2D eigenvalue weighted by atomic mass is 35.5. The van der Waals surface area contributed by atoms with Crippen LogP contribution in [-0.2, 0) is 6.54 Å². The summed E-state index contributed by atoms with van der Waals surface area (Å²) in [7, 11) is 1.60. The van der Waals surface area contributed by atoms with Crippen molar-refractivity contribution in [1.82, 2.24) is 4.57 Å². The molecule has 1 aromatic carbocycles. The maximum absolute atomic E-state index is 12.4. The van der Waals surface area contributed by atoms with E-state index in [9.17, 15) is 9.59 Å². The van der Waals surface area contributed by atoms with Crippen LogP contribution in [0.3, 0.4) is 0 Å². The molecule has 110 valence electrons. The number of carbonyl (C=O) groups is 1. The minimum absolute atomic E-state index is 0.00220. The van der Waals surface area contributed by atoms with Crippen LogP contribution >= 0.6 is 11.6 Å². The van der Waals surface area contributed by atoms with Gasteiger partial charge < -0.3 is 9.30 Å². The standard InChI is InChI=1S/C16H16ClNO3/c1-3-10-18-14(9-8-13(15(17)19)16(18)20)11-4-6-12(21-2)7-5-11/h4-9H,3,10H2,1-2H3. The number of aromatic nitrogens is 1. The molecule has 0 aliphatic heterocycles. The molecule has 0 saturated carbocycles. The van der Waals surface area contributed by atoms with Gasteiger partial charge in [-0.15, -0.1) is 0 Å². The Balaban J connectivity index is 2.59. The fourth-order valence-electron chi connectivity index (χ4n) is 2.19. The van der Waals surface area contributed by atoms with Crippen molar-refractivity contribution in [2.24, 2.45) is 0 Å². The normalized spacial score (nSPS) is 10.4. The van der Waals surface area contributed by atoms with Gasteiger partial charge in [-0.2, -0.15) is 0 Å². The molecule has 1 heterocycles. The van der Waals surface area contributed by atoms with Crippen LogP contribution in [0.15, 0.2) is 41.2 Å². The van der Waals surface area contributed by atoms with Crippen molar-refractivity contribution in [3.63, 3.8) is 0 Å². The zero-order chi connectivity index (χ0) is 15.4. The van der Waals surface area contributed by atoms with Crippen LogP contribution in [0.1, 0.15) is 23.7 Å². The van der Waals surface area contributed by atoms with Crippen LogP contribution in [0.4, 0.5) is 0 Å². The van der Waals surface area contributed by atoms with E-state index in [4.69, 9.17) is 16.3 Å². The summed E-state index contributed by atoms with van der Waals surface area (Å²) in [4.78, 5) is 23.6. The van der Waals surface area contributed by atoms with E-state index >= 15 is 0 Å². The minimum atomic E-state index is -0.730. The van der Waals surface area contributed by atoms with Crippen molar-refractivity contribution in [3.8, 4) is 17.0 Å². The first kappa shape index (κ1) is 15.3. The van der Waals surface area contributed by atoms with Gasteiger partial charge in [0, 0.05) is 6.54 Å². The van der Waals surface area contributed by atoms with Gasteiger partial charge in [0.15, 0.2) is 0 Å². The Morgan fingerprint density at radius 3 is 2.38 bits per heavy atom. The lowest BCUT2D eigenvalue weighted by atomic mass is 10.1. The molecule has 0 N–H and O–H groups in total. The van der Waals surface area contributed by atoms with Gasteiger partial charge in [-0.25, -0.2) is 0 Å². The highest BCUT2D eigenvalue weighted by Crippen LogP contribution is 2.22. The van der Waals surface area contributed by atoms with Crippen LogP contribution in [-0.4, -0.2) is 16.9 Å². The molecule has 0 radical (unpaired) electrons. The Labute approximate surface area is 127 Å². The number of halogens is 1. The lowest BCUT2D eigenvalue weighted by Gasteiger charge is -2.13. The van der Waals surface area contributed by atoms with Crippen molar-refractivity contribution in [3.05, 3.63) is 52.3 Å². The first-order valence-electron chi connectivity index (χ1n) is 6.66. The average molecular weight is 306 g/mol. The highest BCUT2D eigenvalue weighted by Gasteiger charge is 2.14. The summed E-state index contributed by atoms with van der Waals surface area (Å²) in [6.07, 6.45) is 0.781. The second kappa shape index (κ2) is 6.59. The predicted octanol–water partition coefficient (Wildman–Crippen LogP) is 3.31. The van der Waals surface area contributed by atoms with Gasteiger partial charge in [0.1, 0.15) is 5.75 Å². The molecule has 0 spiro atoms. The molecule has 5 heteroatoms. The summed E-state index contributed by atoms with van der Waals surface area (Å²) in [5, 5.41) is -0.730. The molecule has 4 nitrogen and oxygen atoms in total. The van der Waals surface area contributed by atoms with Crippen LogP contribution < -0.4 is 10.3 Å². The molecule has 0 aliphatic rings. The molecule has 0 aliphatic carbocycles. The summed E-state index contributed by atoms with van der Waals surface area (Å²) >= 11 is 5.45. The van der Waals surface area contributed by atoms with Gasteiger partial charge in [-0.3, -0.25) is 9.59 Å². The number of benzene rings is 1. The third-order valence-electron chi connectivity index (χ3n) is 3.22. The summed E-state index contributed by atoms with van der Waals surface area (Å²) in [6.45, 7) is 2.50. The maximum Gasteiger partial charge on any atom is 0.263 e. The minimum Gasteiger partial charge on any atom is -0.497 e. The van der Waals surface area contributed by atoms with Crippen LogP contribution in [0, 0.1) is 0 Å². The van der Waals surface area contributed by atoms with E-state index in [1.54, 1.807) is 17.7 Å². The Bertz CT molecular complexity index is 704. The van der Waals surface area contributed by atoms with E-state index in [-0.39, 0.29) is 11.1 Å². The number of carbonyl (C=O) groups excluding carboxylic acids is 1. The van der Waals surface area contributed by atoms with Gasteiger partial charge in [-0.1, -0.05) is 6.92 Å². The molecule has 0 atom stereocenters. The van der Waals surface area contributed by atoms with Crippen molar-refractivity contribution >= 4 is 16.8 Å². The molecular weight excluding hydrogens is 290 g/mol. The van der Waals surface area contributed by atoms with Gasteiger partial charge in [0.05, 0.1) is 18.4 Å². The Morgan fingerprint density at radius 1 is 1.19 bits per heavy atom. The largest absolute Gasteiger partial charge is 0.497 e. The van der Waals surface area contributed by atoms with E-state index in [0.29, 0.717) is 6.54 Å². The summed E-state index contributed by atoms with van der Waals surface area (Å²) in [6, 6.07) is 10.6. The fraction of sp³-hybridized carbons (Fsp3) is 0.250. The smallest absolute Gasteiger partial charge is 0.263 e. The van der Waals surface area contributed by atoms with Gasteiger partial charge in [0.25, 0.3) is 10.8 Å². The third-order valence-corrected chi connectivity index (χ3v) is 3.42. The first-order valence-corrected chi connectivity index (χ1v) is 7.04. The molecule has 0 unspecified atom stereocenters. The lowest BCUT2D eigenvalue weighted by molar-refractivity contribution is 0.107. The molecule has 2 rings (SSSR count). The quantitative estimate of drug-likeness (QED) is 0.796. The number of hydrogen-bond acceptors (Lipinski definition) is 3. The van der Waals surface area contributed by atoms with Gasteiger partial charge in [-0.05, 0) is 60.0 Å². The number of ether oxygens (including phenoxy) is 1. The lowest BCUT2D eigenvalue weighted by Crippen LogP contribution is -2.26. The summed E-state index contributed by atoms with van der Waals surface area (Å²) < 4.78 is 6.71. The van der Waals surface area contributed by atoms with E-state index in [1.165, 1.54) is 6.07 Å². The SMILES string of the molecule is CCCn1c(-c2ccc(OC)cc2)ccc(C(=O)Cl)c1=O. The highest BCUT2D eigenvalue weighted by molar-refractivity contribution is 6.67. The van der Waals surface area contributed by atoms with Crippen molar-refractivity contribution < 1.29 is 9.53 Å². The summed E-state index contributed by atoms with van der Waals surface area (Å²) in [5.41, 5.74) is 1.29. The number of pyridine rings is 1. The average Bonchev–Trinajstić information content (AvgIpc) is 2.49. The Morgan fingerprint density at radius 2 is 1.86 bits per heavy atom. The van der Waals surface area contributed by atoms with Crippen molar-refractivity contribution in [2.75, 3.05) is 7.11 Å². The van der Waals surface area contributed by atoms with Crippen LogP contribution in [0.2, 0.25) is 0 Å². The molecular formula is C16H16ClNO3. The van der Waals surface area contributed by atoms with Crippen molar-refractivity contribution in [1.29, 1.82) is 0 Å². The first-order chi connectivity index (χ1) is 10.1. The topological polar surface area (TPSA) is 48.3 Å². The monoisotopic (exact) mass is 305 g/mol. The van der Waals surface area contributed by atoms with E-state index in [1.807, 2.05) is 31.2 Å². The number of hydrogen-bond donors (Lipinski definition) is 0. The number of methoxy groups -OCH3 is 1. The van der Waals surface area contributed by atoms with E-state index in [0.717, 1.165) is 23.4 Å². The van der Waals surface area contributed by atoms with Crippen LogP contribution in [0.25, 0.3) is 11.3 Å². The molecule has 21 heavy (non-hydrogen) atoms. The maximum atomic E-state index is 12.4. The third kappa shape index (κ3) is 3.16. The number of nitrogens with zero attached hydrogens (tertiary/aromatic N) is 1. The molecule has 0 bridgehead atoms. The zero-order valence-corrected chi connectivity index (χ0v) is 12.7. The molecule has 0 amide bonds. The fourth-order valence-corrected chi connectivity index (χ4v) is 2.33. The Hall–Kier alpha value is -2.07. The Kier molecular flexibility index (Phi) is 4.81. The second-order valence-electron chi connectivity index (χ2n) is 4.59. The van der Waals surface area contributed by atoms with Gasteiger partial charge >= 0.3 is 0 Å². The van der Waals surface area contributed by atoms with Crippen molar-refractivity contribution in [2.45, 2.75) is 19.9 Å². The van der Waals surface area contributed by atoms with Crippen LogP contribution in [0.5, 0.6) is 5.75 Å². The predicted molar refractivity (Wildman–Crippen MR) is 83.2 cm³/mol. The zero-order valence-electron chi connectivity index (χ0n) is 11.9. The van der Waals surface area contributed by atoms with E-state index < -0.39 is 5.24 Å². The molecule has 0 saturated heterocycles. The molecule has 0 fully saturated rings. The second-order valence-corrected chi connectivity index (χ2v) is 4.93. The van der Waals surface area contributed by atoms with E-state index in [2.05, 4.69) is 0 Å². The number of rotatable bonds is 5. The molecule has 1 aromatic heterocycles. The summed E-state index contributed by atoms with van der Waals surface area (Å²) in [5.74, 6) is 0.746. The van der Waals surface area contributed by atoms with Gasteiger partial charge in [0.2, 0.25) is 0 Å².